The van der Waals surface area contributed by atoms with Gasteiger partial charge in [0.05, 0.1) is 40.8 Å². The van der Waals surface area contributed by atoms with Crippen LogP contribution in [0.5, 0.6) is 28.7 Å². The van der Waals surface area contributed by atoms with Crippen LogP contribution in [0.25, 0.3) is 28.9 Å². The van der Waals surface area contributed by atoms with Crippen molar-refractivity contribution in [3.8, 4) is 39.9 Å². The Morgan fingerprint density at radius 2 is 1.31 bits per heavy atom. The molecule has 1 saturated carbocycles. The number of methoxy groups -OCH3 is 3. The molecule has 1 heterocycles. The molecule has 0 saturated heterocycles. The third-order valence-corrected chi connectivity index (χ3v) is 13.4. The summed E-state index contributed by atoms with van der Waals surface area (Å²) < 4.78 is 37.7. The Kier molecular flexibility index (Phi) is 12.5. The molecule has 0 aromatic heterocycles. The van der Waals surface area contributed by atoms with Gasteiger partial charge in [0, 0.05) is 39.3 Å². The van der Waals surface area contributed by atoms with E-state index in [0.29, 0.717) is 19.6 Å². The van der Waals surface area contributed by atoms with Crippen LogP contribution >= 0.6 is 0 Å². The van der Waals surface area contributed by atoms with E-state index in [1.807, 2.05) is 12.1 Å². The normalized spacial score (nSPS) is 17.5. The minimum absolute atomic E-state index is 0.0781. The molecule has 334 valence electrons. The van der Waals surface area contributed by atoms with Crippen molar-refractivity contribution in [1.29, 1.82) is 0 Å². The molecule has 5 aromatic rings. The fraction of sp³-hybridized carbons (Fsp3) is 0.379. The maximum absolute atomic E-state index is 8.01. The number of allylic oxidation sites excluding steroid dienone is 2. The summed E-state index contributed by atoms with van der Waals surface area (Å²) in [4.78, 5) is 0. The number of hydrogen-bond acceptors (Lipinski definition) is 6. The summed E-state index contributed by atoms with van der Waals surface area (Å²) in [5.41, 5.74) is 11.5. The summed E-state index contributed by atoms with van der Waals surface area (Å²) in [5, 5.41) is 0. The highest BCUT2D eigenvalue weighted by Crippen LogP contribution is 2.66. The second-order valence-corrected chi connectivity index (χ2v) is 19.5. The van der Waals surface area contributed by atoms with E-state index in [0.717, 1.165) is 94.2 Å². The molecule has 2 aliphatic carbocycles. The Balaban J connectivity index is 1.48. The summed E-state index contributed by atoms with van der Waals surface area (Å²) in [6.07, 6.45) is 16.6. The van der Waals surface area contributed by atoms with Crippen molar-refractivity contribution in [3.63, 3.8) is 0 Å². The average Bonchev–Trinajstić information content (AvgIpc) is 3.39. The van der Waals surface area contributed by atoms with E-state index < -0.39 is 5.60 Å². The van der Waals surface area contributed by atoms with Crippen LogP contribution in [-0.4, -0.2) is 34.5 Å². The van der Waals surface area contributed by atoms with Crippen LogP contribution in [0, 0.1) is 10.8 Å². The lowest BCUT2D eigenvalue weighted by molar-refractivity contribution is 0.0640. The molecule has 0 atom stereocenters. The third-order valence-electron chi connectivity index (χ3n) is 13.4. The predicted octanol–water partition coefficient (Wildman–Crippen LogP) is 14.4. The van der Waals surface area contributed by atoms with Gasteiger partial charge in [-0.1, -0.05) is 96.1 Å². The number of ether oxygens (including phenoxy) is 6. The quantitative estimate of drug-likeness (QED) is 0.0630. The Morgan fingerprint density at radius 1 is 0.703 bits per heavy atom. The summed E-state index contributed by atoms with van der Waals surface area (Å²) in [6.45, 7) is 17.6. The van der Waals surface area contributed by atoms with E-state index in [2.05, 4.69) is 152 Å². The molecule has 8 rings (SSSR count). The van der Waals surface area contributed by atoms with Crippen molar-refractivity contribution >= 4 is 17.7 Å². The first-order chi connectivity index (χ1) is 30.8. The molecule has 0 unspecified atom stereocenters. The highest BCUT2D eigenvalue weighted by Gasteiger charge is 2.55. The van der Waals surface area contributed by atoms with Gasteiger partial charge in [0.25, 0.3) is 0 Å². The second kappa shape index (κ2) is 17.9. The third kappa shape index (κ3) is 8.21. The number of benzene rings is 5. The number of rotatable bonds is 14. The summed E-state index contributed by atoms with van der Waals surface area (Å²) >= 11 is 0. The molecule has 6 heteroatoms. The van der Waals surface area contributed by atoms with Crippen molar-refractivity contribution in [1.82, 2.24) is 0 Å². The van der Waals surface area contributed by atoms with Gasteiger partial charge in [0.15, 0.2) is 5.60 Å². The Morgan fingerprint density at radius 3 is 1.89 bits per heavy atom. The summed E-state index contributed by atoms with van der Waals surface area (Å²) in [7, 11) is 5.11. The van der Waals surface area contributed by atoms with E-state index in [9.17, 15) is 0 Å². The smallest absolute Gasteiger partial charge is 0.177 e. The highest BCUT2D eigenvalue weighted by atomic mass is 16.5. The Labute approximate surface area is 381 Å². The van der Waals surface area contributed by atoms with Crippen LogP contribution in [-0.2, 0) is 22.2 Å². The lowest BCUT2D eigenvalue weighted by atomic mass is 9.52. The first-order valence-electron chi connectivity index (χ1n) is 23.1. The number of fused-ring (bicyclic) bond motifs is 7. The van der Waals surface area contributed by atoms with E-state index in [-0.39, 0.29) is 16.2 Å². The molecule has 6 nitrogen and oxygen atoms in total. The van der Waals surface area contributed by atoms with Gasteiger partial charge in [-0.05, 0) is 144 Å². The molecule has 3 aliphatic rings. The lowest BCUT2D eigenvalue weighted by Crippen LogP contribution is -2.44. The molecule has 64 heavy (non-hydrogen) atoms. The van der Waals surface area contributed by atoms with Crippen molar-refractivity contribution in [2.45, 2.75) is 98.0 Å². The van der Waals surface area contributed by atoms with E-state index in [1.165, 1.54) is 27.8 Å². The Hall–Kier alpha value is -5.88. The van der Waals surface area contributed by atoms with Crippen LogP contribution < -0.4 is 23.7 Å². The molecule has 1 fully saturated rings. The van der Waals surface area contributed by atoms with Gasteiger partial charge in [0.1, 0.15) is 28.7 Å². The fourth-order valence-corrected chi connectivity index (χ4v) is 11.6. The maximum atomic E-state index is 8.01. The molecular weight excluding hydrogens is 793 g/mol. The van der Waals surface area contributed by atoms with Crippen LogP contribution in [0.1, 0.15) is 125 Å². The van der Waals surface area contributed by atoms with Crippen LogP contribution in [0.3, 0.4) is 0 Å². The van der Waals surface area contributed by atoms with Crippen LogP contribution in [0.4, 0.5) is 0 Å². The van der Waals surface area contributed by atoms with Gasteiger partial charge >= 0.3 is 0 Å². The molecular formula is C58H66O6. The first-order valence-corrected chi connectivity index (χ1v) is 23.1. The molecule has 0 amide bonds. The first kappa shape index (κ1) is 44.7. The van der Waals surface area contributed by atoms with Gasteiger partial charge in [-0.3, -0.25) is 0 Å². The lowest BCUT2D eigenvalue weighted by Gasteiger charge is -2.52. The Bertz CT molecular complexity index is 2500. The molecule has 1 spiro atoms. The van der Waals surface area contributed by atoms with Gasteiger partial charge in [-0.25, -0.2) is 0 Å². The zero-order chi connectivity index (χ0) is 45.3. The predicted molar refractivity (Wildman–Crippen MR) is 262 cm³/mol. The largest absolute Gasteiger partial charge is 0.504 e. The zero-order valence-electron chi connectivity index (χ0n) is 39.7. The minimum Gasteiger partial charge on any atom is -0.504 e. The van der Waals surface area contributed by atoms with Crippen LogP contribution in [0.2, 0.25) is 0 Å². The molecule has 0 N–H and O–H groups in total. The standard InChI is InChI=1S/C58H66O6/c1-11-31-62-42-23-19-40(20-24-42)58(41-21-25-43(26-22-41)63-32-12-2)30-15-17-48-53-52(47-16-13-14-18-50(47)57(53)37-55(4,5)36-56(6,7)38-57)49(46(29-33-59-8)54(48)64-58)34-39(3)45-28-27-44(60-9)35-51(45)61-10/h13-16,18-30,33-35H,11-12,17,31-32,36-38H2,1-10H3/b33-29+,39-34+. The highest BCUT2D eigenvalue weighted by molar-refractivity contribution is 5.98. The van der Waals surface area contributed by atoms with E-state index >= 15 is 0 Å². The zero-order valence-corrected chi connectivity index (χ0v) is 39.7. The van der Waals surface area contributed by atoms with E-state index in [4.69, 9.17) is 28.4 Å². The SMILES string of the molecule is CCCOc1ccc(C2(c3ccc(OCCC)cc3)C=CCc3c(c(/C=C/OC)c(/C=C(\C)c4ccc(OC)cc4OC)c4c3C3(CC(C)(C)CC(C)(C)C3)c3ccccc3-4)O2)cc1. The molecule has 0 bridgehead atoms. The van der Waals surface area contributed by atoms with Crippen molar-refractivity contribution in [2.24, 2.45) is 10.8 Å². The second-order valence-electron chi connectivity index (χ2n) is 19.5. The molecule has 5 aromatic carbocycles. The molecule has 1 aliphatic heterocycles. The van der Waals surface area contributed by atoms with Gasteiger partial charge in [-0.15, -0.1) is 0 Å². The average molecular weight is 859 g/mol. The van der Waals surface area contributed by atoms with Crippen molar-refractivity contribution in [2.75, 3.05) is 34.5 Å². The van der Waals surface area contributed by atoms with Crippen molar-refractivity contribution in [3.05, 3.63) is 154 Å². The fourth-order valence-electron chi connectivity index (χ4n) is 11.6. The monoisotopic (exact) mass is 858 g/mol. The number of hydrogen-bond donors (Lipinski definition) is 0. The maximum Gasteiger partial charge on any atom is 0.177 e. The van der Waals surface area contributed by atoms with Crippen LogP contribution in [0.15, 0.2) is 109 Å². The summed E-state index contributed by atoms with van der Waals surface area (Å²) in [5.74, 6) is 4.01. The van der Waals surface area contributed by atoms with E-state index in [1.54, 1.807) is 27.6 Å². The minimum atomic E-state index is -1.01. The van der Waals surface area contributed by atoms with Gasteiger partial charge < -0.3 is 28.4 Å². The summed E-state index contributed by atoms with van der Waals surface area (Å²) in [6, 6.07) is 32.1. The topological polar surface area (TPSA) is 55.4 Å². The van der Waals surface area contributed by atoms with Gasteiger partial charge in [0.2, 0.25) is 0 Å². The van der Waals surface area contributed by atoms with Crippen molar-refractivity contribution < 1.29 is 28.4 Å². The molecule has 0 radical (unpaired) electrons. The van der Waals surface area contributed by atoms with Gasteiger partial charge in [-0.2, -0.15) is 0 Å².